The van der Waals surface area contributed by atoms with E-state index in [2.05, 4.69) is 46.4 Å². The lowest BCUT2D eigenvalue weighted by atomic mass is 9.66. The quantitative estimate of drug-likeness (QED) is 0.536. The van der Waals surface area contributed by atoms with Gasteiger partial charge in [0, 0.05) is 19.8 Å². The van der Waals surface area contributed by atoms with E-state index in [1.165, 1.54) is 6.42 Å². The molecule has 1 saturated heterocycles. The van der Waals surface area contributed by atoms with Gasteiger partial charge in [-0.25, -0.2) is 4.98 Å². The highest BCUT2D eigenvalue weighted by molar-refractivity contribution is 6.00. The Morgan fingerprint density at radius 2 is 1.97 bits per heavy atom. The predicted octanol–water partition coefficient (Wildman–Crippen LogP) is 3.63. The number of aromatic nitrogens is 3. The third kappa shape index (κ3) is 5.37. The summed E-state index contributed by atoms with van der Waals surface area (Å²) < 4.78 is 7.23. The van der Waals surface area contributed by atoms with Crippen molar-refractivity contribution < 1.29 is 14.3 Å². The second-order valence-corrected chi connectivity index (χ2v) is 11.6. The first-order valence-corrected chi connectivity index (χ1v) is 13.7. The van der Waals surface area contributed by atoms with Crippen LogP contribution in [0.25, 0.3) is 0 Å². The first-order valence-electron chi connectivity index (χ1n) is 13.7. The van der Waals surface area contributed by atoms with Crippen molar-refractivity contribution in [3.63, 3.8) is 0 Å². The largest absolute Gasteiger partial charge is 0.377 e. The number of anilines is 2. The predicted molar refractivity (Wildman–Crippen MR) is 142 cm³/mol. The summed E-state index contributed by atoms with van der Waals surface area (Å²) in [7, 11) is 1.74. The molecule has 2 aliphatic carbocycles. The zero-order valence-corrected chi connectivity index (χ0v) is 22.4. The molecule has 2 saturated carbocycles. The second kappa shape index (κ2) is 10.4. The zero-order chi connectivity index (χ0) is 26.2. The van der Waals surface area contributed by atoms with Crippen molar-refractivity contribution in [2.24, 2.45) is 30.2 Å². The van der Waals surface area contributed by atoms with Gasteiger partial charge in [0.25, 0.3) is 5.91 Å². The van der Waals surface area contributed by atoms with Gasteiger partial charge in [0.05, 0.1) is 31.1 Å². The molecule has 0 radical (unpaired) electrons. The number of pyridine rings is 1. The highest BCUT2D eigenvalue weighted by Gasteiger charge is 2.54. The summed E-state index contributed by atoms with van der Waals surface area (Å²) in [6.45, 7) is 8.82. The van der Waals surface area contributed by atoms with Crippen molar-refractivity contribution in [1.29, 1.82) is 0 Å². The number of carbonyl (C=O) groups is 2. The number of aryl methyl sites for hydroxylation is 1. The molecule has 2 aromatic rings. The van der Waals surface area contributed by atoms with Gasteiger partial charge in [-0.15, -0.1) is 0 Å². The Morgan fingerprint density at radius 3 is 2.54 bits per heavy atom. The summed E-state index contributed by atoms with van der Waals surface area (Å²) >= 11 is 0. The molecule has 0 bridgehead atoms. The molecule has 3 heterocycles. The first kappa shape index (κ1) is 25.7. The van der Waals surface area contributed by atoms with Crippen LogP contribution >= 0.6 is 0 Å². The van der Waals surface area contributed by atoms with Gasteiger partial charge in [-0.2, -0.15) is 5.10 Å². The van der Waals surface area contributed by atoms with Gasteiger partial charge in [-0.05, 0) is 54.2 Å². The van der Waals surface area contributed by atoms with E-state index in [1.807, 2.05) is 12.1 Å². The Balaban J connectivity index is 1.35. The number of rotatable bonds is 9. The minimum atomic E-state index is -0.621. The van der Waals surface area contributed by atoms with Gasteiger partial charge >= 0.3 is 0 Å². The van der Waals surface area contributed by atoms with Crippen molar-refractivity contribution in [3.05, 3.63) is 36.3 Å². The van der Waals surface area contributed by atoms with E-state index in [0.29, 0.717) is 36.4 Å². The van der Waals surface area contributed by atoms with Crippen LogP contribution in [0.5, 0.6) is 0 Å². The molecule has 2 aromatic heterocycles. The molecule has 9 nitrogen and oxygen atoms in total. The van der Waals surface area contributed by atoms with E-state index in [0.717, 1.165) is 38.0 Å². The molecule has 1 aliphatic heterocycles. The van der Waals surface area contributed by atoms with Crippen LogP contribution in [0.2, 0.25) is 0 Å². The smallest absolute Gasteiger partial charge is 0.270 e. The minimum absolute atomic E-state index is 0.0805. The number of amides is 2. The monoisotopic (exact) mass is 508 g/mol. The molecule has 5 rings (SSSR count). The number of carbonyl (C=O) groups excluding carboxylic acids is 2. The summed E-state index contributed by atoms with van der Waals surface area (Å²) in [5, 5.41) is 10.3. The summed E-state index contributed by atoms with van der Waals surface area (Å²) in [5.74, 6) is 1.43. The van der Waals surface area contributed by atoms with Crippen LogP contribution in [0.4, 0.5) is 11.5 Å². The fraction of sp³-hybridized carbons (Fsp3) is 0.643. The lowest BCUT2D eigenvalue weighted by molar-refractivity contribution is -0.121. The molecule has 2 amide bonds. The third-order valence-electron chi connectivity index (χ3n) is 8.73. The van der Waals surface area contributed by atoms with E-state index < -0.39 is 6.04 Å². The average Bonchev–Trinajstić information content (AvgIpc) is 3.45. The molecule has 2 unspecified atom stereocenters. The first-order chi connectivity index (χ1) is 17.8. The van der Waals surface area contributed by atoms with E-state index in [-0.39, 0.29) is 29.2 Å². The molecular weight excluding hydrogens is 468 g/mol. The Morgan fingerprint density at radius 1 is 1.19 bits per heavy atom. The Labute approximate surface area is 219 Å². The Hall–Kier alpha value is -2.94. The topological polar surface area (TPSA) is 101 Å². The molecule has 0 spiro atoms. The molecule has 0 aromatic carbocycles. The van der Waals surface area contributed by atoms with Gasteiger partial charge in [-0.3, -0.25) is 14.3 Å². The molecule has 3 aliphatic rings. The number of morpholine rings is 1. The Kier molecular flexibility index (Phi) is 7.25. The summed E-state index contributed by atoms with van der Waals surface area (Å²) in [6.07, 6.45) is 8.90. The standard InChI is InChI=1S/C28H40N6O3/c1-18(2)22-17-37-15-14-34(22)23-9-8-20(16-29-23)31-27(36)25(32-26(35)21-10-13-30-33(21)4)24(19-6-5-7-19)28(3)11-12-28/h8-10,13,16,18-19,22,24-25H,5-7,11-12,14-15,17H2,1-4H3,(H,31,36)(H,32,35)/t22?,24?,25-/m0/s1. The molecule has 2 N–H and O–H groups in total. The van der Waals surface area contributed by atoms with Crippen molar-refractivity contribution >= 4 is 23.3 Å². The Bertz CT molecular complexity index is 1110. The minimum Gasteiger partial charge on any atom is -0.377 e. The van der Waals surface area contributed by atoms with Crippen LogP contribution in [0.1, 0.15) is 63.4 Å². The molecule has 9 heteroatoms. The zero-order valence-electron chi connectivity index (χ0n) is 22.4. The molecule has 37 heavy (non-hydrogen) atoms. The normalized spacial score (nSPS) is 22.7. The number of hydrogen-bond acceptors (Lipinski definition) is 6. The highest BCUT2D eigenvalue weighted by Crippen LogP contribution is 2.58. The van der Waals surface area contributed by atoms with E-state index in [9.17, 15) is 9.59 Å². The SMILES string of the molecule is CC(C)C1COCCN1c1ccc(NC(=O)[C@@H](NC(=O)c2ccnn2C)C(C2CCC2)C2(C)CC2)cn1. The van der Waals surface area contributed by atoms with E-state index >= 15 is 0 Å². The third-order valence-corrected chi connectivity index (χ3v) is 8.73. The lowest BCUT2D eigenvalue weighted by Crippen LogP contribution is -2.54. The molecule has 3 fully saturated rings. The van der Waals surface area contributed by atoms with E-state index in [4.69, 9.17) is 4.74 Å². The number of nitrogens with zero attached hydrogens (tertiary/aromatic N) is 4. The van der Waals surface area contributed by atoms with Crippen LogP contribution in [0.3, 0.4) is 0 Å². The number of hydrogen-bond donors (Lipinski definition) is 2. The molecule has 3 atom stereocenters. The van der Waals surface area contributed by atoms with Crippen LogP contribution in [0, 0.1) is 23.2 Å². The molecular formula is C28H40N6O3. The van der Waals surface area contributed by atoms with Crippen molar-refractivity contribution in [3.8, 4) is 0 Å². The number of nitrogens with one attached hydrogen (secondary N) is 2. The van der Waals surface area contributed by atoms with Gasteiger partial charge in [0.15, 0.2) is 0 Å². The van der Waals surface area contributed by atoms with Gasteiger partial charge in [-0.1, -0.05) is 40.0 Å². The number of ether oxygens (including phenoxy) is 1. The maximum Gasteiger partial charge on any atom is 0.270 e. The van der Waals surface area contributed by atoms with Crippen LogP contribution in [-0.2, 0) is 16.6 Å². The van der Waals surface area contributed by atoms with Crippen molar-refractivity contribution in [2.75, 3.05) is 30.0 Å². The van der Waals surface area contributed by atoms with Crippen molar-refractivity contribution in [1.82, 2.24) is 20.1 Å². The van der Waals surface area contributed by atoms with Crippen LogP contribution in [0.15, 0.2) is 30.6 Å². The van der Waals surface area contributed by atoms with Gasteiger partial charge in [0.2, 0.25) is 5.91 Å². The summed E-state index contributed by atoms with van der Waals surface area (Å²) in [5.41, 5.74) is 1.16. The summed E-state index contributed by atoms with van der Waals surface area (Å²) in [6, 6.07) is 5.20. The lowest BCUT2D eigenvalue weighted by Gasteiger charge is -2.42. The van der Waals surface area contributed by atoms with Crippen molar-refractivity contribution in [2.45, 2.75) is 65.0 Å². The van der Waals surface area contributed by atoms with Crippen LogP contribution < -0.4 is 15.5 Å². The highest BCUT2D eigenvalue weighted by atomic mass is 16.5. The maximum atomic E-state index is 13.8. The van der Waals surface area contributed by atoms with E-state index in [1.54, 1.807) is 30.2 Å². The average molecular weight is 509 g/mol. The van der Waals surface area contributed by atoms with Crippen LogP contribution in [-0.4, -0.2) is 58.4 Å². The molecule has 200 valence electrons. The fourth-order valence-corrected chi connectivity index (χ4v) is 6.01. The summed E-state index contributed by atoms with van der Waals surface area (Å²) in [4.78, 5) is 34.0. The van der Waals surface area contributed by atoms with Gasteiger partial charge in [0.1, 0.15) is 17.6 Å². The van der Waals surface area contributed by atoms with Gasteiger partial charge < -0.3 is 20.3 Å². The maximum absolute atomic E-state index is 13.8. The fourth-order valence-electron chi connectivity index (χ4n) is 6.01. The second-order valence-electron chi connectivity index (χ2n) is 11.6.